The van der Waals surface area contributed by atoms with Crippen LogP contribution in [0.25, 0.3) is 11.1 Å². The third-order valence-electron chi connectivity index (χ3n) is 5.97. The molecule has 1 saturated heterocycles. The van der Waals surface area contributed by atoms with Gasteiger partial charge in [0.2, 0.25) is 0 Å². The van der Waals surface area contributed by atoms with Gasteiger partial charge in [-0.15, -0.1) is 0 Å². The van der Waals surface area contributed by atoms with Crippen molar-refractivity contribution in [3.05, 3.63) is 77.9 Å². The van der Waals surface area contributed by atoms with E-state index in [-0.39, 0.29) is 17.4 Å². The molecule has 1 saturated carbocycles. The van der Waals surface area contributed by atoms with Gasteiger partial charge in [-0.2, -0.15) is 0 Å². The zero-order valence-electron chi connectivity index (χ0n) is 16.7. The maximum absolute atomic E-state index is 14.2. The van der Waals surface area contributed by atoms with E-state index in [1.807, 2.05) is 18.3 Å². The summed E-state index contributed by atoms with van der Waals surface area (Å²) >= 11 is 0. The Balaban J connectivity index is 1.48. The van der Waals surface area contributed by atoms with Crippen molar-refractivity contribution in [3.8, 4) is 11.1 Å². The van der Waals surface area contributed by atoms with Crippen LogP contribution >= 0.6 is 0 Å². The molecule has 1 atom stereocenters. The largest absolute Gasteiger partial charge is 0.338 e. The molecule has 152 valence electrons. The maximum atomic E-state index is 14.2. The molecule has 1 aromatic carbocycles. The number of aromatic nitrogens is 3. The molecule has 3 aromatic rings. The van der Waals surface area contributed by atoms with Gasteiger partial charge in [-0.25, -0.2) is 14.4 Å². The highest BCUT2D eigenvalue weighted by Gasteiger charge is 2.32. The molecule has 0 radical (unpaired) electrons. The number of amides is 1. The van der Waals surface area contributed by atoms with Crippen LogP contribution in [0.2, 0.25) is 0 Å². The summed E-state index contributed by atoms with van der Waals surface area (Å²) in [5.41, 5.74) is 3.14. The fraction of sp³-hybridized carbons (Fsp3) is 0.333. The molecule has 2 aromatic heterocycles. The van der Waals surface area contributed by atoms with Gasteiger partial charge in [0.1, 0.15) is 11.6 Å². The van der Waals surface area contributed by atoms with E-state index in [9.17, 15) is 9.18 Å². The molecule has 1 amide bonds. The second-order valence-electron chi connectivity index (χ2n) is 8.11. The van der Waals surface area contributed by atoms with Gasteiger partial charge >= 0.3 is 0 Å². The van der Waals surface area contributed by atoms with Crippen molar-refractivity contribution in [3.63, 3.8) is 0 Å². The van der Waals surface area contributed by atoms with Crippen molar-refractivity contribution < 1.29 is 9.18 Å². The van der Waals surface area contributed by atoms with Crippen LogP contribution in [-0.2, 0) is 0 Å². The molecule has 0 spiro atoms. The van der Waals surface area contributed by atoms with E-state index in [1.165, 1.54) is 6.07 Å². The van der Waals surface area contributed by atoms with Gasteiger partial charge in [-0.05, 0) is 55.5 Å². The SMILES string of the molecule is O=C(c1ccccc1F)N1CCCC(c2nc(C3CC3)ncc2-c2ccncc2)C1. The highest BCUT2D eigenvalue weighted by molar-refractivity contribution is 5.94. The zero-order valence-corrected chi connectivity index (χ0v) is 16.7. The highest BCUT2D eigenvalue weighted by atomic mass is 19.1. The Kier molecular flexibility index (Phi) is 4.99. The Morgan fingerprint density at radius 1 is 1.03 bits per heavy atom. The van der Waals surface area contributed by atoms with Gasteiger partial charge in [-0.3, -0.25) is 9.78 Å². The molecule has 2 fully saturated rings. The Labute approximate surface area is 175 Å². The number of likely N-dealkylation sites (tertiary alicyclic amines) is 1. The Bertz CT molecular complexity index is 1070. The summed E-state index contributed by atoms with van der Waals surface area (Å²) in [4.78, 5) is 28.5. The van der Waals surface area contributed by atoms with Crippen molar-refractivity contribution in [1.29, 1.82) is 0 Å². The van der Waals surface area contributed by atoms with Crippen LogP contribution in [-0.4, -0.2) is 38.8 Å². The molecule has 0 bridgehead atoms. The fourth-order valence-corrected chi connectivity index (χ4v) is 4.20. The van der Waals surface area contributed by atoms with E-state index in [1.54, 1.807) is 35.5 Å². The number of piperidine rings is 1. The molecule has 5 nitrogen and oxygen atoms in total. The predicted octanol–water partition coefficient (Wildman–Crippen LogP) is 4.57. The summed E-state index contributed by atoms with van der Waals surface area (Å²) in [5, 5.41) is 0. The van der Waals surface area contributed by atoms with E-state index < -0.39 is 5.82 Å². The average Bonchev–Trinajstić information content (AvgIpc) is 3.65. The lowest BCUT2D eigenvalue weighted by atomic mass is 9.89. The average molecular weight is 402 g/mol. The third-order valence-corrected chi connectivity index (χ3v) is 5.97. The fourth-order valence-electron chi connectivity index (χ4n) is 4.20. The first kappa shape index (κ1) is 18.9. The molecular formula is C24H23FN4O. The predicted molar refractivity (Wildman–Crippen MR) is 112 cm³/mol. The van der Waals surface area contributed by atoms with Crippen LogP contribution in [0.4, 0.5) is 4.39 Å². The Hall–Kier alpha value is -3.15. The first-order valence-corrected chi connectivity index (χ1v) is 10.5. The van der Waals surface area contributed by atoms with Crippen LogP contribution in [0.3, 0.4) is 0 Å². The van der Waals surface area contributed by atoms with Crippen molar-refractivity contribution in [2.45, 2.75) is 37.5 Å². The van der Waals surface area contributed by atoms with E-state index in [0.29, 0.717) is 19.0 Å². The first-order valence-electron chi connectivity index (χ1n) is 10.5. The van der Waals surface area contributed by atoms with Crippen LogP contribution < -0.4 is 0 Å². The van der Waals surface area contributed by atoms with Crippen LogP contribution in [0, 0.1) is 5.82 Å². The minimum atomic E-state index is -0.472. The summed E-state index contributed by atoms with van der Waals surface area (Å²) < 4.78 is 14.2. The van der Waals surface area contributed by atoms with Crippen LogP contribution in [0.15, 0.2) is 55.0 Å². The van der Waals surface area contributed by atoms with Gasteiger partial charge in [0.15, 0.2) is 0 Å². The number of nitrogens with zero attached hydrogens (tertiary/aromatic N) is 4. The van der Waals surface area contributed by atoms with Crippen LogP contribution in [0.1, 0.15) is 59.4 Å². The topological polar surface area (TPSA) is 59.0 Å². The number of carbonyl (C=O) groups excluding carboxylic acids is 1. The number of benzene rings is 1. The smallest absolute Gasteiger partial charge is 0.256 e. The lowest BCUT2D eigenvalue weighted by Gasteiger charge is -2.33. The molecule has 1 aliphatic carbocycles. The zero-order chi connectivity index (χ0) is 20.5. The maximum Gasteiger partial charge on any atom is 0.256 e. The minimum Gasteiger partial charge on any atom is -0.338 e. The lowest BCUT2D eigenvalue weighted by Crippen LogP contribution is -2.39. The number of carbonyl (C=O) groups is 1. The quantitative estimate of drug-likeness (QED) is 0.641. The molecule has 0 N–H and O–H groups in total. The molecule has 6 heteroatoms. The molecule has 1 aliphatic heterocycles. The third kappa shape index (κ3) is 3.70. The highest BCUT2D eigenvalue weighted by Crippen LogP contribution is 2.40. The molecule has 2 aliphatic rings. The monoisotopic (exact) mass is 402 g/mol. The van der Waals surface area contributed by atoms with Crippen molar-refractivity contribution in [2.24, 2.45) is 0 Å². The molecule has 30 heavy (non-hydrogen) atoms. The number of rotatable bonds is 4. The molecule has 1 unspecified atom stereocenters. The van der Waals surface area contributed by atoms with Gasteiger partial charge in [0.25, 0.3) is 5.91 Å². The molecule has 5 rings (SSSR count). The summed E-state index contributed by atoms with van der Waals surface area (Å²) in [6, 6.07) is 10.1. The summed E-state index contributed by atoms with van der Waals surface area (Å²) in [5.74, 6) is 0.730. The Morgan fingerprint density at radius 2 is 1.83 bits per heavy atom. The second-order valence-corrected chi connectivity index (χ2v) is 8.11. The standard InChI is InChI=1S/C24H23FN4O/c25-21-6-2-1-5-19(21)24(30)29-13-3-4-18(15-29)22-20(16-9-11-26-12-10-16)14-27-23(28-22)17-7-8-17/h1-2,5-6,9-12,14,17-18H,3-4,7-8,13,15H2. The van der Waals surface area contributed by atoms with Gasteiger partial charge in [-0.1, -0.05) is 12.1 Å². The van der Waals surface area contributed by atoms with Crippen molar-refractivity contribution in [2.75, 3.05) is 13.1 Å². The van der Waals surface area contributed by atoms with E-state index in [2.05, 4.69) is 9.97 Å². The van der Waals surface area contributed by atoms with Crippen molar-refractivity contribution >= 4 is 5.91 Å². The number of pyridine rings is 1. The Morgan fingerprint density at radius 3 is 2.60 bits per heavy atom. The van der Waals surface area contributed by atoms with Crippen LogP contribution in [0.5, 0.6) is 0 Å². The number of halogens is 1. The normalized spacial score (nSPS) is 19.0. The number of hydrogen-bond acceptors (Lipinski definition) is 4. The summed E-state index contributed by atoms with van der Waals surface area (Å²) in [6.45, 7) is 1.17. The van der Waals surface area contributed by atoms with E-state index in [4.69, 9.17) is 4.98 Å². The second kappa shape index (κ2) is 7.94. The van der Waals surface area contributed by atoms with E-state index >= 15 is 0 Å². The first-order chi connectivity index (χ1) is 14.7. The van der Waals surface area contributed by atoms with Gasteiger partial charge < -0.3 is 4.90 Å². The van der Waals surface area contributed by atoms with Gasteiger partial charge in [0, 0.05) is 49.1 Å². The van der Waals surface area contributed by atoms with Crippen molar-refractivity contribution in [1.82, 2.24) is 19.9 Å². The van der Waals surface area contributed by atoms with Gasteiger partial charge in [0.05, 0.1) is 11.3 Å². The number of hydrogen-bond donors (Lipinski definition) is 0. The lowest BCUT2D eigenvalue weighted by molar-refractivity contribution is 0.0701. The molecule has 3 heterocycles. The summed E-state index contributed by atoms with van der Waals surface area (Å²) in [6.07, 6.45) is 9.53. The van der Waals surface area contributed by atoms with E-state index in [0.717, 1.165) is 48.3 Å². The summed E-state index contributed by atoms with van der Waals surface area (Å²) in [7, 11) is 0. The minimum absolute atomic E-state index is 0.0955. The molecular weight excluding hydrogens is 379 g/mol.